The van der Waals surface area contributed by atoms with Gasteiger partial charge in [0.1, 0.15) is 11.5 Å². The van der Waals surface area contributed by atoms with Crippen molar-refractivity contribution in [2.24, 2.45) is 0 Å². The highest BCUT2D eigenvalue weighted by Crippen LogP contribution is 2.29. The number of hydrogen-bond donors (Lipinski definition) is 1. The van der Waals surface area contributed by atoms with Gasteiger partial charge in [-0.3, -0.25) is 4.79 Å². The Morgan fingerprint density at radius 3 is 2.29 bits per heavy atom. The Labute approximate surface area is 133 Å². The number of hydrogen-bond acceptors (Lipinski definition) is 4. The van der Waals surface area contributed by atoms with E-state index in [0.717, 1.165) is 6.26 Å². The Hall–Kier alpha value is -0.860. The molecule has 0 saturated carbocycles. The summed E-state index contributed by atoms with van der Waals surface area (Å²) >= 11 is 3.39. The molecule has 1 saturated heterocycles. The highest BCUT2D eigenvalue weighted by atomic mass is 79.9. The lowest BCUT2D eigenvalue weighted by molar-refractivity contribution is 0.0709. The molecule has 6 nitrogen and oxygen atoms in total. The lowest BCUT2D eigenvalue weighted by Gasteiger charge is -2.32. The topological polar surface area (TPSA) is 79.6 Å². The van der Waals surface area contributed by atoms with Gasteiger partial charge in [-0.25, -0.2) is 13.1 Å². The van der Waals surface area contributed by atoms with E-state index in [4.69, 9.17) is 4.42 Å². The molecule has 0 spiro atoms. The van der Waals surface area contributed by atoms with Crippen LogP contribution in [0.15, 0.2) is 8.89 Å². The molecule has 0 unspecified atom stereocenters. The Bertz CT molecular complexity index is 645. The third-order valence-corrected chi connectivity index (χ3v) is 5.28. The van der Waals surface area contributed by atoms with Gasteiger partial charge in [-0.15, -0.1) is 0 Å². The van der Waals surface area contributed by atoms with E-state index < -0.39 is 10.0 Å². The van der Waals surface area contributed by atoms with E-state index in [1.165, 1.54) is 0 Å². The summed E-state index contributed by atoms with van der Waals surface area (Å²) in [6.45, 7) is 4.63. The van der Waals surface area contributed by atoms with Crippen LogP contribution in [0.2, 0.25) is 0 Å². The number of furan rings is 1. The lowest BCUT2D eigenvalue weighted by Crippen LogP contribution is -2.46. The highest BCUT2D eigenvalue weighted by molar-refractivity contribution is 9.10. The number of halogens is 1. The predicted octanol–water partition coefficient (Wildman–Crippen LogP) is 1.81. The number of amides is 1. The van der Waals surface area contributed by atoms with Crippen molar-refractivity contribution in [1.29, 1.82) is 0 Å². The lowest BCUT2D eigenvalue weighted by atomic mass is 10.1. The summed E-state index contributed by atoms with van der Waals surface area (Å²) in [7, 11) is -3.20. The molecule has 1 fully saturated rings. The molecule has 0 atom stereocenters. The molecule has 2 rings (SSSR count). The van der Waals surface area contributed by atoms with Gasteiger partial charge in [0.25, 0.3) is 5.91 Å². The number of nitrogens with zero attached hydrogens (tertiary/aromatic N) is 1. The van der Waals surface area contributed by atoms with Crippen LogP contribution >= 0.6 is 15.9 Å². The van der Waals surface area contributed by atoms with Gasteiger partial charge in [0.05, 0.1) is 16.3 Å². The molecule has 0 aliphatic carbocycles. The van der Waals surface area contributed by atoms with Gasteiger partial charge in [-0.2, -0.15) is 0 Å². The van der Waals surface area contributed by atoms with Crippen LogP contribution in [-0.2, 0) is 10.0 Å². The smallest absolute Gasteiger partial charge is 0.258 e. The zero-order valence-corrected chi connectivity index (χ0v) is 14.7. The molecule has 0 aromatic carbocycles. The fourth-order valence-electron chi connectivity index (χ4n) is 2.56. The summed E-state index contributed by atoms with van der Waals surface area (Å²) in [5.41, 5.74) is 0.557. The van der Waals surface area contributed by atoms with E-state index in [1.54, 1.807) is 18.7 Å². The summed E-state index contributed by atoms with van der Waals surface area (Å²) < 4.78 is 31.2. The summed E-state index contributed by atoms with van der Waals surface area (Å²) in [5, 5.41) is 0. The van der Waals surface area contributed by atoms with Crippen molar-refractivity contribution in [2.45, 2.75) is 32.7 Å². The molecule has 1 amide bonds. The maximum atomic E-state index is 12.5. The summed E-state index contributed by atoms with van der Waals surface area (Å²) in [5.74, 6) is 1.21. The molecule has 1 aliphatic rings. The molecule has 0 radical (unpaired) electrons. The Kier molecular flexibility index (Phi) is 4.79. The Morgan fingerprint density at radius 2 is 1.86 bits per heavy atom. The van der Waals surface area contributed by atoms with Crippen molar-refractivity contribution in [3.05, 3.63) is 21.6 Å². The van der Waals surface area contributed by atoms with Crippen LogP contribution in [0.5, 0.6) is 0 Å². The normalized spacial score (nSPS) is 17.2. The van der Waals surface area contributed by atoms with Crippen molar-refractivity contribution in [1.82, 2.24) is 9.62 Å². The van der Waals surface area contributed by atoms with Gasteiger partial charge in [-0.1, -0.05) is 0 Å². The van der Waals surface area contributed by atoms with E-state index in [9.17, 15) is 13.2 Å². The van der Waals surface area contributed by atoms with E-state index >= 15 is 0 Å². The van der Waals surface area contributed by atoms with E-state index in [-0.39, 0.29) is 11.9 Å². The standard InChI is InChI=1S/C13H19BrN2O4S/c1-8-11(12(14)9(2)20-8)13(17)16-6-4-10(5-7-16)15-21(3,18)19/h10,15H,4-7H2,1-3H3. The van der Waals surface area contributed by atoms with Crippen LogP contribution in [0, 0.1) is 13.8 Å². The number of likely N-dealkylation sites (tertiary alicyclic amines) is 1. The number of nitrogens with one attached hydrogen (secondary N) is 1. The minimum Gasteiger partial charge on any atom is -0.465 e. The fourth-order valence-corrected chi connectivity index (χ4v) is 3.93. The van der Waals surface area contributed by atoms with E-state index in [0.29, 0.717) is 47.5 Å². The third-order valence-electron chi connectivity index (χ3n) is 3.56. The molecule has 118 valence electrons. The molecule has 2 heterocycles. The number of piperidine rings is 1. The summed E-state index contributed by atoms with van der Waals surface area (Å²) in [6, 6.07) is -0.0975. The Morgan fingerprint density at radius 1 is 1.29 bits per heavy atom. The predicted molar refractivity (Wildman–Crippen MR) is 82.8 cm³/mol. The minimum absolute atomic E-state index is 0.0750. The first kappa shape index (κ1) is 16.5. The van der Waals surface area contributed by atoms with Gasteiger partial charge >= 0.3 is 0 Å². The van der Waals surface area contributed by atoms with E-state index in [1.807, 2.05) is 0 Å². The van der Waals surface area contributed by atoms with Crippen molar-refractivity contribution < 1.29 is 17.6 Å². The number of carbonyl (C=O) groups excluding carboxylic acids is 1. The number of aryl methyl sites for hydroxylation is 2. The molecular formula is C13H19BrN2O4S. The van der Waals surface area contributed by atoms with Crippen molar-refractivity contribution >= 4 is 31.9 Å². The molecule has 1 aromatic heterocycles. The SMILES string of the molecule is Cc1oc(C)c(C(=O)N2CCC(NS(C)(=O)=O)CC2)c1Br. The van der Waals surface area contributed by atoms with Gasteiger partial charge < -0.3 is 9.32 Å². The second-order valence-electron chi connectivity index (χ2n) is 5.36. The van der Waals surface area contributed by atoms with Gasteiger partial charge in [0.15, 0.2) is 0 Å². The van der Waals surface area contributed by atoms with Crippen molar-refractivity contribution in [3.8, 4) is 0 Å². The van der Waals surface area contributed by atoms with Gasteiger partial charge in [-0.05, 0) is 42.6 Å². The molecule has 8 heteroatoms. The van der Waals surface area contributed by atoms with Gasteiger partial charge in [0.2, 0.25) is 10.0 Å². The zero-order valence-electron chi connectivity index (χ0n) is 12.3. The zero-order chi connectivity index (χ0) is 15.8. The van der Waals surface area contributed by atoms with Crippen molar-refractivity contribution in [2.75, 3.05) is 19.3 Å². The van der Waals surface area contributed by atoms with E-state index in [2.05, 4.69) is 20.7 Å². The summed E-state index contributed by atoms with van der Waals surface area (Å²) in [6.07, 6.45) is 2.39. The molecular weight excluding hydrogens is 360 g/mol. The largest absolute Gasteiger partial charge is 0.465 e. The summed E-state index contributed by atoms with van der Waals surface area (Å²) in [4.78, 5) is 14.3. The number of sulfonamides is 1. The first-order valence-electron chi connectivity index (χ1n) is 6.71. The maximum absolute atomic E-state index is 12.5. The molecule has 1 aliphatic heterocycles. The average molecular weight is 379 g/mol. The quantitative estimate of drug-likeness (QED) is 0.869. The second-order valence-corrected chi connectivity index (χ2v) is 7.93. The van der Waals surface area contributed by atoms with Crippen LogP contribution in [0.3, 0.4) is 0 Å². The highest BCUT2D eigenvalue weighted by Gasteiger charge is 2.29. The average Bonchev–Trinajstić information content (AvgIpc) is 2.61. The first-order valence-corrected chi connectivity index (χ1v) is 9.39. The van der Waals surface area contributed by atoms with Crippen LogP contribution in [0.4, 0.5) is 0 Å². The third kappa shape index (κ3) is 3.87. The maximum Gasteiger partial charge on any atom is 0.258 e. The van der Waals surface area contributed by atoms with Crippen LogP contribution in [-0.4, -0.2) is 44.6 Å². The Balaban J connectivity index is 2.04. The fraction of sp³-hybridized carbons (Fsp3) is 0.615. The van der Waals surface area contributed by atoms with Crippen molar-refractivity contribution in [3.63, 3.8) is 0 Å². The number of rotatable bonds is 3. The molecule has 21 heavy (non-hydrogen) atoms. The van der Waals surface area contributed by atoms with Crippen LogP contribution < -0.4 is 4.72 Å². The molecule has 1 aromatic rings. The second kappa shape index (κ2) is 6.10. The van der Waals surface area contributed by atoms with Crippen LogP contribution in [0.25, 0.3) is 0 Å². The first-order chi connectivity index (χ1) is 9.69. The minimum atomic E-state index is -3.20. The molecule has 0 bridgehead atoms. The van der Waals surface area contributed by atoms with Crippen LogP contribution in [0.1, 0.15) is 34.7 Å². The monoisotopic (exact) mass is 378 g/mol. The number of carbonyl (C=O) groups is 1. The van der Waals surface area contributed by atoms with Gasteiger partial charge in [0, 0.05) is 19.1 Å². The molecule has 1 N–H and O–H groups in total.